The van der Waals surface area contributed by atoms with E-state index in [-0.39, 0.29) is 6.10 Å². The van der Waals surface area contributed by atoms with Gasteiger partial charge in [-0.05, 0) is 44.0 Å². The molecule has 0 radical (unpaired) electrons. The summed E-state index contributed by atoms with van der Waals surface area (Å²) in [6, 6.07) is 8.48. The predicted octanol–water partition coefficient (Wildman–Crippen LogP) is 2.43. The normalized spacial score (nSPS) is 22.7. The molecule has 1 N–H and O–H groups in total. The summed E-state index contributed by atoms with van der Waals surface area (Å²) in [6.07, 6.45) is 3.30. The van der Waals surface area contributed by atoms with E-state index < -0.39 is 0 Å². The Labute approximate surface area is 109 Å². The SMILES string of the molecule is COc1cccc(CN2CCCC[C@H]2[C@@H](C)O)c1. The van der Waals surface area contributed by atoms with Crippen molar-refractivity contribution in [3.63, 3.8) is 0 Å². The number of nitrogens with zero attached hydrogens (tertiary/aromatic N) is 1. The van der Waals surface area contributed by atoms with Crippen LogP contribution in [0.4, 0.5) is 0 Å². The van der Waals surface area contributed by atoms with Gasteiger partial charge in [0.2, 0.25) is 0 Å². The fourth-order valence-electron chi connectivity index (χ4n) is 2.76. The van der Waals surface area contributed by atoms with Crippen molar-refractivity contribution in [3.05, 3.63) is 29.8 Å². The topological polar surface area (TPSA) is 32.7 Å². The second kappa shape index (κ2) is 6.21. The molecule has 3 nitrogen and oxygen atoms in total. The predicted molar refractivity (Wildman–Crippen MR) is 72.7 cm³/mol. The van der Waals surface area contributed by atoms with E-state index in [4.69, 9.17) is 4.74 Å². The molecule has 2 rings (SSSR count). The molecule has 100 valence electrons. The third-order valence-corrected chi connectivity index (χ3v) is 3.74. The van der Waals surface area contributed by atoms with Crippen molar-refractivity contribution in [2.75, 3.05) is 13.7 Å². The monoisotopic (exact) mass is 249 g/mol. The van der Waals surface area contributed by atoms with Crippen LogP contribution in [0.1, 0.15) is 31.7 Å². The summed E-state index contributed by atoms with van der Waals surface area (Å²) in [6.45, 7) is 3.87. The highest BCUT2D eigenvalue weighted by Crippen LogP contribution is 2.23. The average Bonchev–Trinajstić information content (AvgIpc) is 2.39. The number of aliphatic hydroxyl groups is 1. The van der Waals surface area contributed by atoms with Crippen molar-refractivity contribution in [2.24, 2.45) is 0 Å². The number of likely N-dealkylation sites (tertiary alicyclic amines) is 1. The number of hydrogen-bond donors (Lipinski definition) is 1. The lowest BCUT2D eigenvalue weighted by Gasteiger charge is -2.37. The van der Waals surface area contributed by atoms with E-state index >= 15 is 0 Å². The Morgan fingerprint density at radius 1 is 1.44 bits per heavy atom. The maximum atomic E-state index is 9.86. The van der Waals surface area contributed by atoms with Gasteiger partial charge in [0.25, 0.3) is 0 Å². The number of benzene rings is 1. The van der Waals surface area contributed by atoms with E-state index in [1.165, 1.54) is 18.4 Å². The molecule has 1 saturated heterocycles. The zero-order valence-corrected chi connectivity index (χ0v) is 11.3. The van der Waals surface area contributed by atoms with E-state index in [0.29, 0.717) is 6.04 Å². The van der Waals surface area contributed by atoms with Gasteiger partial charge in [0.1, 0.15) is 5.75 Å². The minimum absolute atomic E-state index is 0.254. The molecule has 1 fully saturated rings. The van der Waals surface area contributed by atoms with E-state index in [1.807, 2.05) is 19.1 Å². The maximum absolute atomic E-state index is 9.86. The maximum Gasteiger partial charge on any atom is 0.119 e. The quantitative estimate of drug-likeness (QED) is 0.889. The van der Waals surface area contributed by atoms with Gasteiger partial charge in [-0.15, -0.1) is 0 Å². The first kappa shape index (κ1) is 13.4. The number of methoxy groups -OCH3 is 1. The van der Waals surface area contributed by atoms with E-state index in [0.717, 1.165) is 25.3 Å². The molecule has 0 unspecified atom stereocenters. The van der Waals surface area contributed by atoms with Gasteiger partial charge in [-0.1, -0.05) is 18.6 Å². The van der Waals surface area contributed by atoms with Crippen molar-refractivity contribution in [3.8, 4) is 5.75 Å². The smallest absolute Gasteiger partial charge is 0.119 e. The van der Waals surface area contributed by atoms with Gasteiger partial charge >= 0.3 is 0 Å². The van der Waals surface area contributed by atoms with Gasteiger partial charge < -0.3 is 9.84 Å². The summed E-state index contributed by atoms with van der Waals surface area (Å²) in [7, 11) is 1.69. The number of aliphatic hydroxyl groups excluding tert-OH is 1. The van der Waals surface area contributed by atoms with Crippen LogP contribution in [0.15, 0.2) is 24.3 Å². The Hall–Kier alpha value is -1.06. The van der Waals surface area contributed by atoms with Crippen molar-refractivity contribution < 1.29 is 9.84 Å². The Bertz CT molecular complexity index is 379. The number of rotatable bonds is 4. The largest absolute Gasteiger partial charge is 0.497 e. The van der Waals surface area contributed by atoms with Crippen LogP contribution in [0, 0.1) is 0 Å². The Morgan fingerprint density at radius 2 is 2.28 bits per heavy atom. The van der Waals surface area contributed by atoms with Gasteiger partial charge in [0, 0.05) is 12.6 Å². The highest BCUT2D eigenvalue weighted by atomic mass is 16.5. The standard InChI is InChI=1S/C15H23NO2/c1-12(17)15-8-3-4-9-16(15)11-13-6-5-7-14(10-13)18-2/h5-7,10,12,15,17H,3-4,8-9,11H2,1-2H3/t12-,15+/m1/s1. The second-order valence-electron chi connectivity index (χ2n) is 5.13. The minimum atomic E-state index is -0.254. The molecule has 1 heterocycles. The van der Waals surface area contributed by atoms with Crippen LogP contribution in [0.5, 0.6) is 5.75 Å². The zero-order chi connectivity index (χ0) is 13.0. The first-order valence-corrected chi connectivity index (χ1v) is 6.76. The number of ether oxygens (including phenoxy) is 1. The van der Waals surface area contributed by atoms with Crippen LogP contribution in [0.2, 0.25) is 0 Å². The summed E-state index contributed by atoms with van der Waals surface area (Å²) in [5, 5.41) is 9.86. The fraction of sp³-hybridized carbons (Fsp3) is 0.600. The zero-order valence-electron chi connectivity index (χ0n) is 11.3. The molecule has 0 spiro atoms. The first-order chi connectivity index (χ1) is 8.70. The fourth-order valence-corrected chi connectivity index (χ4v) is 2.76. The van der Waals surface area contributed by atoms with Gasteiger partial charge in [0.15, 0.2) is 0 Å². The number of piperidine rings is 1. The van der Waals surface area contributed by atoms with Crippen LogP contribution in [-0.4, -0.2) is 35.8 Å². The van der Waals surface area contributed by atoms with Crippen molar-refractivity contribution in [1.82, 2.24) is 4.90 Å². The molecule has 0 aromatic heterocycles. The summed E-state index contributed by atoms with van der Waals surface area (Å²) in [5.41, 5.74) is 1.25. The summed E-state index contributed by atoms with van der Waals surface area (Å²) < 4.78 is 5.25. The molecule has 1 aromatic rings. The molecule has 2 atom stereocenters. The summed E-state index contributed by atoms with van der Waals surface area (Å²) >= 11 is 0. The molecule has 0 aliphatic carbocycles. The Morgan fingerprint density at radius 3 is 3.00 bits per heavy atom. The van der Waals surface area contributed by atoms with Crippen molar-refractivity contribution in [1.29, 1.82) is 0 Å². The Balaban J connectivity index is 2.05. The van der Waals surface area contributed by atoms with Crippen molar-refractivity contribution in [2.45, 2.75) is 44.9 Å². The van der Waals surface area contributed by atoms with Crippen LogP contribution in [-0.2, 0) is 6.54 Å². The first-order valence-electron chi connectivity index (χ1n) is 6.76. The molecule has 18 heavy (non-hydrogen) atoms. The molecule has 3 heteroatoms. The third kappa shape index (κ3) is 3.24. The van der Waals surface area contributed by atoms with Crippen LogP contribution >= 0.6 is 0 Å². The molecular weight excluding hydrogens is 226 g/mol. The van der Waals surface area contributed by atoms with E-state index in [9.17, 15) is 5.11 Å². The van der Waals surface area contributed by atoms with E-state index in [1.54, 1.807) is 7.11 Å². The van der Waals surface area contributed by atoms with Crippen LogP contribution in [0.3, 0.4) is 0 Å². The second-order valence-corrected chi connectivity index (χ2v) is 5.13. The molecule has 0 bridgehead atoms. The highest BCUT2D eigenvalue weighted by Gasteiger charge is 2.26. The minimum Gasteiger partial charge on any atom is -0.497 e. The molecule has 1 aliphatic rings. The lowest BCUT2D eigenvalue weighted by Crippen LogP contribution is -2.45. The van der Waals surface area contributed by atoms with Crippen LogP contribution < -0.4 is 4.74 Å². The van der Waals surface area contributed by atoms with Gasteiger partial charge in [0.05, 0.1) is 13.2 Å². The van der Waals surface area contributed by atoms with Crippen LogP contribution in [0.25, 0.3) is 0 Å². The number of hydrogen-bond acceptors (Lipinski definition) is 3. The lowest BCUT2D eigenvalue weighted by molar-refractivity contribution is 0.0316. The summed E-state index contributed by atoms with van der Waals surface area (Å²) in [5.74, 6) is 0.901. The van der Waals surface area contributed by atoms with Gasteiger partial charge in [-0.2, -0.15) is 0 Å². The third-order valence-electron chi connectivity index (χ3n) is 3.74. The van der Waals surface area contributed by atoms with Gasteiger partial charge in [-0.3, -0.25) is 4.90 Å². The summed E-state index contributed by atoms with van der Waals surface area (Å²) in [4.78, 5) is 2.39. The van der Waals surface area contributed by atoms with E-state index in [2.05, 4.69) is 17.0 Å². The molecular formula is C15H23NO2. The van der Waals surface area contributed by atoms with Crippen molar-refractivity contribution >= 4 is 0 Å². The molecule has 1 aromatic carbocycles. The molecule has 0 amide bonds. The Kier molecular flexibility index (Phi) is 4.61. The average molecular weight is 249 g/mol. The highest BCUT2D eigenvalue weighted by molar-refractivity contribution is 5.28. The van der Waals surface area contributed by atoms with Gasteiger partial charge in [-0.25, -0.2) is 0 Å². The molecule has 1 aliphatic heterocycles. The lowest BCUT2D eigenvalue weighted by atomic mass is 9.97. The molecule has 0 saturated carbocycles.